The molecule has 0 spiro atoms. The van der Waals surface area contributed by atoms with Gasteiger partial charge in [0, 0.05) is 6.04 Å². The minimum atomic E-state index is -0.532. The molecule has 5 heteroatoms. The molecule has 5 nitrogen and oxygen atoms in total. The number of rotatable bonds is 4. The average Bonchev–Trinajstić information content (AvgIpc) is 2.39. The van der Waals surface area contributed by atoms with Crippen LogP contribution in [0, 0.1) is 0 Å². The van der Waals surface area contributed by atoms with Crippen LogP contribution in [0.4, 0.5) is 0 Å². The number of nitrogens with zero attached hydrogens (tertiary/aromatic N) is 1. The normalized spacial score (nSPS) is 11.9. The molecule has 4 N–H and O–H groups in total. The number of para-hydroxylation sites is 1. The highest BCUT2D eigenvalue weighted by molar-refractivity contribution is 5.95. The van der Waals surface area contributed by atoms with E-state index in [2.05, 4.69) is 4.98 Å². The van der Waals surface area contributed by atoms with Gasteiger partial charge in [-0.3, -0.25) is 9.78 Å². The predicted octanol–water partition coefficient (Wildman–Crippen LogP) is 1.99. The molecule has 0 radical (unpaired) electrons. The number of amides is 1. The zero-order valence-corrected chi connectivity index (χ0v) is 10.5. The summed E-state index contributed by atoms with van der Waals surface area (Å²) in [7, 11) is 0. The molecule has 2 rings (SSSR count). The Hall–Kier alpha value is -2.40. The summed E-state index contributed by atoms with van der Waals surface area (Å²) in [6, 6.07) is 10.2. The van der Waals surface area contributed by atoms with Crippen molar-refractivity contribution in [3.8, 4) is 11.5 Å². The molecule has 1 atom stereocenters. The highest BCUT2D eigenvalue weighted by Crippen LogP contribution is 2.24. The number of carbonyl (C=O) groups excluding carboxylic acids is 1. The third-order valence-electron chi connectivity index (χ3n) is 2.61. The second-order valence-corrected chi connectivity index (χ2v) is 4.17. The zero-order valence-electron chi connectivity index (χ0n) is 10.5. The minimum Gasteiger partial charge on any atom is -0.455 e. The lowest BCUT2D eigenvalue weighted by molar-refractivity contribution is 0.0998. The summed E-state index contributed by atoms with van der Waals surface area (Å²) in [5.74, 6) is 0.402. The van der Waals surface area contributed by atoms with Crippen molar-refractivity contribution in [2.24, 2.45) is 11.5 Å². The smallest absolute Gasteiger partial charge is 0.252 e. The van der Waals surface area contributed by atoms with E-state index >= 15 is 0 Å². The van der Waals surface area contributed by atoms with E-state index in [-0.39, 0.29) is 6.04 Å². The molecular weight excluding hydrogens is 242 g/mol. The van der Waals surface area contributed by atoms with Crippen molar-refractivity contribution < 1.29 is 9.53 Å². The highest BCUT2D eigenvalue weighted by Gasteiger charge is 2.09. The van der Waals surface area contributed by atoms with Gasteiger partial charge in [-0.2, -0.15) is 0 Å². The molecule has 19 heavy (non-hydrogen) atoms. The Labute approximate surface area is 111 Å². The van der Waals surface area contributed by atoms with Crippen molar-refractivity contribution in [3.63, 3.8) is 0 Å². The molecule has 1 aromatic carbocycles. The molecule has 0 aliphatic carbocycles. The van der Waals surface area contributed by atoms with Crippen molar-refractivity contribution in [3.05, 3.63) is 53.9 Å². The first-order valence-corrected chi connectivity index (χ1v) is 5.86. The molecule has 1 heterocycles. The summed E-state index contributed by atoms with van der Waals surface area (Å²) in [5.41, 5.74) is 12.1. The third-order valence-corrected chi connectivity index (χ3v) is 2.61. The van der Waals surface area contributed by atoms with Crippen molar-refractivity contribution in [1.29, 1.82) is 0 Å². The van der Waals surface area contributed by atoms with Gasteiger partial charge >= 0.3 is 0 Å². The first kappa shape index (κ1) is 13.0. The van der Waals surface area contributed by atoms with E-state index in [9.17, 15) is 4.79 Å². The van der Waals surface area contributed by atoms with Gasteiger partial charge in [-0.25, -0.2) is 0 Å². The number of benzene rings is 1. The van der Waals surface area contributed by atoms with Gasteiger partial charge in [0.25, 0.3) is 5.91 Å². The standard InChI is InChI=1S/C14H15N3O2/c1-9(15)12-7-6-10(8-17-12)19-13-5-3-2-4-11(13)14(16)18/h2-9H,15H2,1H3,(H2,16,18). The van der Waals surface area contributed by atoms with Gasteiger partial charge in [0.05, 0.1) is 17.5 Å². The molecule has 0 aliphatic rings. The minimum absolute atomic E-state index is 0.132. The molecule has 98 valence electrons. The van der Waals surface area contributed by atoms with Crippen molar-refractivity contribution in [2.75, 3.05) is 0 Å². The molecule has 0 saturated heterocycles. The summed E-state index contributed by atoms with van der Waals surface area (Å²) in [6.45, 7) is 1.85. The second kappa shape index (κ2) is 5.49. The van der Waals surface area contributed by atoms with Crippen LogP contribution < -0.4 is 16.2 Å². The number of aromatic nitrogens is 1. The Bertz CT molecular complexity index is 579. The van der Waals surface area contributed by atoms with Crippen LogP contribution in [0.3, 0.4) is 0 Å². The highest BCUT2D eigenvalue weighted by atomic mass is 16.5. The van der Waals surface area contributed by atoms with Gasteiger partial charge in [-0.1, -0.05) is 12.1 Å². The van der Waals surface area contributed by atoms with Crippen LogP contribution in [0.1, 0.15) is 29.0 Å². The van der Waals surface area contributed by atoms with E-state index in [1.807, 2.05) is 6.92 Å². The van der Waals surface area contributed by atoms with E-state index in [0.29, 0.717) is 17.1 Å². The van der Waals surface area contributed by atoms with E-state index in [1.165, 1.54) is 0 Å². The number of pyridine rings is 1. The molecule has 0 bridgehead atoms. The molecule has 0 saturated carbocycles. The lowest BCUT2D eigenvalue weighted by atomic mass is 10.2. The van der Waals surface area contributed by atoms with Gasteiger partial charge in [-0.05, 0) is 31.2 Å². The Morgan fingerprint density at radius 2 is 2.00 bits per heavy atom. The Kier molecular flexibility index (Phi) is 3.77. The van der Waals surface area contributed by atoms with Gasteiger partial charge in [0.15, 0.2) is 0 Å². The maximum absolute atomic E-state index is 11.3. The van der Waals surface area contributed by atoms with Gasteiger partial charge in [0.2, 0.25) is 0 Å². The molecule has 1 amide bonds. The average molecular weight is 257 g/mol. The Balaban J connectivity index is 2.24. The fourth-order valence-corrected chi connectivity index (χ4v) is 1.61. The van der Waals surface area contributed by atoms with Crippen LogP contribution in [-0.2, 0) is 0 Å². The third kappa shape index (κ3) is 3.08. The number of carbonyl (C=O) groups is 1. The Morgan fingerprint density at radius 3 is 2.58 bits per heavy atom. The first-order chi connectivity index (χ1) is 9.08. The molecule has 1 unspecified atom stereocenters. The SMILES string of the molecule is CC(N)c1ccc(Oc2ccccc2C(N)=O)cn1. The number of nitrogens with two attached hydrogens (primary N) is 2. The molecule has 2 aromatic rings. The van der Waals surface area contributed by atoms with Crippen molar-refractivity contribution in [1.82, 2.24) is 4.98 Å². The quantitative estimate of drug-likeness (QED) is 0.876. The van der Waals surface area contributed by atoms with Crippen molar-refractivity contribution in [2.45, 2.75) is 13.0 Å². The lowest BCUT2D eigenvalue weighted by Gasteiger charge is -2.10. The molecule has 1 aromatic heterocycles. The molecule has 0 fully saturated rings. The lowest BCUT2D eigenvalue weighted by Crippen LogP contribution is -2.12. The summed E-state index contributed by atoms with van der Waals surface area (Å²) >= 11 is 0. The zero-order chi connectivity index (χ0) is 13.8. The number of hydrogen-bond donors (Lipinski definition) is 2. The van der Waals surface area contributed by atoms with Gasteiger partial charge in [-0.15, -0.1) is 0 Å². The van der Waals surface area contributed by atoms with E-state index in [4.69, 9.17) is 16.2 Å². The van der Waals surface area contributed by atoms with E-state index in [1.54, 1.807) is 42.6 Å². The van der Waals surface area contributed by atoms with E-state index in [0.717, 1.165) is 5.69 Å². The topological polar surface area (TPSA) is 91.2 Å². The van der Waals surface area contributed by atoms with Crippen LogP contribution in [0.5, 0.6) is 11.5 Å². The second-order valence-electron chi connectivity index (χ2n) is 4.17. The van der Waals surface area contributed by atoms with Gasteiger partial charge < -0.3 is 16.2 Å². The van der Waals surface area contributed by atoms with Crippen LogP contribution in [0.25, 0.3) is 0 Å². The summed E-state index contributed by atoms with van der Waals surface area (Å²) in [6.07, 6.45) is 1.57. The fraction of sp³-hybridized carbons (Fsp3) is 0.143. The summed E-state index contributed by atoms with van der Waals surface area (Å²) in [5, 5.41) is 0. The van der Waals surface area contributed by atoms with Gasteiger partial charge in [0.1, 0.15) is 11.5 Å². The summed E-state index contributed by atoms with van der Waals surface area (Å²) < 4.78 is 5.60. The number of hydrogen-bond acceptors (Lipinski definition) is 4. The maximum Gasteiger partial charge on any atom is 0.252 e. The Morgan fingerprint density at radius 1 is 1.26 bits per heavy atom. The van der Waals surface area contributed by atoms with Crippen molar-refractivity contribution >= 4 is 5.91 Å². The predicted molar refractivity (Wildman–Crippen MR) is 71.9 cm³/mol. The summed E-state index contributed by atoms with van der Waals surface area (Å²) in [4.78, 5) is 15.4. The largest absolute Gasteiger partial charge is 0.455 e. The van der Waals surface area contributed by atoms with Crippen LogP contribution >= 0.6 is 0 Å². The molecule has 0 aliphatic heterocycles. The first-order valence-electron chi connectivity index (χ1n) is 5.86. The van der Waals surface area contributed by atoms with Crippen LogP contribution in [-0.4, -0.2) is 10.9 Å². The van der Waals surface area contributed by atoms with Crippen LogP contribution in [0.2, 0.25) is 0 Å². The monoisotopic (exact) mass is 257 g/mol. The maximum atomic E-state index is 11.3. The van der Waals surface area contributed by atoms with E-state index < -0.39 is 5.91 Å². The number of primary amides is 1. The van der Waals surface area contributed by atoms with Crippen LogP contribution in [0.15, 0.2) is 42.6 Å². The number of ether oxygens (including phenoxy) is 1. The molecular formula is C14H15N3O2. The fourth-order valence-electron chi connectivity index (χ4n) is 1.61.